The monoisotopic (exact) mass is 449 g/mol. The van der Waals surface area contributed by atoms with Crippen LogP contribution in [0.5, 0.6) is 0 Å². The predicted molar refractivity (Wildman–Crippen MR) is 101 cm³/mol. The summed E-state index contributed by atoms with van der Waals surface area (Å²) in [5, 5.41) is 3.29. The van der Waals surface area contributed by atoms with Crippen LogP contribution in [-0.4, -0.2) is 15.5 Å². The van der Waals surface area contributed by atoms with Gasteiger partial charge in [-0.1, -0.05) is 28.1 Å². The van der Waals surface area contributed by atoms with E-state index in [1.165, 1.54) is 4.57 Å². The summed E-state index contributed by atoms with van der Waals surface area (Å²) in [7, 11) is 0. The third-order valence-corrected chi connectivity index (χ3v) is 4.71. The Morgan fingerprint density at radius 2 is 1.96 bits per heavy atom. The van der Waals surface area contributed by atoms with Gasteiger partial charge in [0.25, 0.3) is 5.56 Å². The number of fused-ring (bicyclic) bond motifs is 1. The lowest BCUT2D eigenvalue weighted by atomic mass is 10.2. The molecule has 1 aromatic heterocycles. The van der Waals surface area contributed by atoms with Crippen molar-refractivity contribution in [2.45, 2.75) is 13.5 Å². The summed E-state index contributed by atoms with van der Waals surface area (Å²) in [4.78, 5) is 29.3. The first-order valence-corrected chi connectivity index (χ1v) is 8.75. The number of benzene rings is 2. The van der Waals surface area contributed by atoms with Crippen LogP contribution in [0, 0.1) is 6.92 Å². The third-order valence-electron chi connectivity index (χ3n) is 3.56. The Kier molecular flexibility index (Phi) is 4.82. The maximum absolute atomic E-state index is 12.6. The Labute approximate surface area is 155 Å². The smallest absolute Gasteiger partial charge is 0.261 e. The van der Waals surface area contributed by atoms with Gasteiger partial charge in [-0.3, -0.25) is 14.2 Å². The van der Waals surface area contributed by atoms with Gasteiger partial charge in [0.15, 0.2) is 0 Å². The lowest BCUT2D eigenvalue weighted by Crippen LogP contribution is -2.30. The topological polar surface area (TPSA) is 64.0 Å². The van der Waals surface area contributed by atoms with Crippen molar-refractivity contribution in [3.8, 4) is 0 Å². The van der Waals surface area contributed by atoms with Crippen molar-refractivity contribution >= 4 is 54.4 Å². The second-order valence-electron chi connectivity index (χ2n) is 5.24. The maximum atomic E-state index is 12.6. The van der Waals surface area contributed by atoms with Gasteiger partial charge in [-0.15, -0.1) is 0 Å². The molecule has 0 spiro atoms. The number of carbonyl (C=O) groups is 1. The molecule has 0 radical (unpaired) electrons. The van der Waals surface area contributed by atoms with Gasteiger partial charge in [0, 0.05) is 8.95 Å². The summed E-state index contributed by atoms with van der Waals surface area (Å²) in [6, 6.07) is 12.6. The lowest BCUT2D eigenvalue weighted by Gasteiger charge is -2.12. The minimum absolute atomic E-state index is 0.0923. The molecule has 0 saturated heterocycles. The summed E-state index contributed by atoms with van der Waals surface area (Å²) >= 11 is 6.76. The number of aryl methyl sites for hydroxylation is 1. The van der Waals surface area contributed by atoms with E-state index in [-0.39, 0.29) is 18.0 Å². The van der Waals surface area contributed by atoms with Crippen LogP contribution >= 0.6 is 31.9 Å². The van der Waals surface area contributed by atoms with Crippen molar-refractivity contribution in [1.29, 1.82) is 0 Å². The van der Waals surface area contributed by atoms with Crippen LogP contribution in [0.1, 0.15) is 5.82 Å². The number of carbonyl (C=O) groups excluding carboxylic acids is 1. The van der Waals surface area contributed by atoms with E-state index in [0.29, 0.717) is 22.4 Å². The third kappa shape index (κ3) is 3.42. The minimum atomic E-state index is -0.291. The zero-order valence-electron chi connectivity index (χ0n) is 12.7. The first kappa shape index (κ1) is 16.9. The van der Waals surface area contributed by atoms with Gasteiger partial charge in [-0.2, -0.15) is 0 Å². The second-order valence-corrected chi connectivity index (χ2v) is 7.01. The Bertz CT molecular complexity index is 999. The van der Waals surface area contributed by atoms with Crippen molar-refractivity contribution in [3.05, 3.63) is 67.6 Å². The largest absolute Gasteiger partial charge is 0.324 e. The van der Waals surface area contributed by atoms with Crippen molar-refractivity contribution < 1.29 is 4.79 Å². The predicted octanol–water partition coefficient (Wildman–Crippen LogP) is 3.87. The van der Waals surface area contributed by atoms with Crippen molar-refractivity contribution in [3.63, 3.8) is 0 Å². The average molecular weight is 451 g/mol. The average Bonchev–Trinajstić information content (AvgIpc) is 2.54. The molecule has 1 heterocycles. The molecule has 1 N–H and O–H groups in total. The molecule has 7 heteroatoms. The van der Waals surface area contributed by atoms with Crippen LogP contribution < -0.4 is 10.9 Å². The highest BCUT2D eigenvalue weighted by Gasteiger charge is 2.12. The molecule has 0 saturated carbocycles. The van der Waals surface area contributed by atoms with Gasteiger partial charge in [-0.05, 0) is 53.2 Å². The van der Waals surface area contributed by atoms with Gasteiger partial charge < -0.3 is 5.32 Å². The molecule has 0 aliphatic rings. The number of hydrogen-bond donors (Lipinski definition) is 1. The second kappa shape index (κ2) is 6.86. The number of nitrogens with one attached hydrogen (secondary N) is 1. The Hall–Kier alpha value is -1.99. The zero-order chi connectivity index (χ0) is 17.3. The number of nitrogens with zero attached hydrogens (tertiary/aromatic N) is 2. The fraction of sp³-hybridized carbons (Fsp3) is 0.118. The molecule has 122 valence electrons. The Morgan fingerprint density at radius 1 is 1.21 bits per heavy atom. The molecular weight excluding hydrogens is 438 g/mol. The quantitative estimate of drug-likeness (QED) is 0.658. The summed E-state index contributed by atoms with van der Waals surface area (Å²) in [5.74, 6) is 0.212. The first-order chi connectivity index (χ1) is 11.5. The first-order valence-electron chi connectivity index (χ1n) is 7.17. The van der Waals surface area contributed by atoms with E-state index in [2.05, 4.69) is 42.2 Å². The number of para-hydroxylation sites is 1. The molecule has 1 amide bonds. The molecule has 5 nitrogen and oxygen atoms in total. The van der Waals surface area contributed by atoms with Crippen molar-refractivity contribution in [2.24, 2.45) is 0 Å². The molecule has 0 aliphatic heterocycles. The summed E-state index contributed by atoms with van der Waals surface area (Å²) in [6.45, 7) is 1.63. The van der Waals surface area contributed by atoms with Gasteiger partial charge in [0.1, 0.15) is 12.4 Å². The molecular formula is C17H13Br2N3O2. The number of rotatable bonds is 3. The van der Waals surface area contributed by atoms with Crippen LogP contribution in [0.15, 0.2) is 56.2 Å². The standard InChI is InChI=1S/C17H13Br2N3O2/c1-10-20-14-5-3-2-4-12(14)17(24)22(10)9-16(23)21-15-7-6-11(18)8-13(15)19/h2-8H,9H2,1H3,(H,21,23). The van der Waals surface area contributed by atoms with E-state index in [1.807, 2.05) is 18.2 Å². The molecule has 0 fully saturated rings. The highest BCUT2D eigenvalue weighted by molar-refractivity contribution is 9.11. The van der Waals surface area contributed by atoms with Gasteiger partial charge in [0.2, 0.25) is 5.91 Å². The van der Waals surface area contributed by atoms with Crippen LogP contribution in [0.25, 0.3) is 10.9 Å². The number of hydrogen-bond acceptors (Lipinski definition) is 3. The highest BCUT2D eigenvalue weighted by atomic mass is 79.9. The molecule has 24 heavy (non-hydrogen) atoms. The molecule has 3 aromatic rings. The van der Waals surface area contributed by atoms with Gasteiger partial charge in [-0.25, -0.2) is 4.98 Å². The van der Waals surface area contributed by atoms with Crippen LogP contribution in [-0.2, 0) is 11.3 Å². The molecule has 0 bridgehead atoms. The molecule has 3 rings (SSSR count). The van der Waals surface area contributed by atoms with E-state index < -0.39 is 0 Å². The lowest BCUT2D eigenvalue weighted by molar-refractivity contribution is -0.116. The van der Waals surface area contributed by atoms with Crippen molar-refractivity contribution in [1.82, 2.24) is 9.55 Å². The number of halogens is 2. The Morgan fingerprint density at radius 3 is 2.71 bits per heavy atom. The molecule has 0 atom stereocenters. The summed E-state index contributed by atoms with van der Waals surface area (Å²) in [5.41, 5.74) is 1.05. The molecule has 0 unspecified atom stereocenters. The van der Waals surface area contributed by atoms with Crippen LogP contribution in [0.3, 0.4) is 0 Å². The SMILES string of the molecule is Cc1nc2ccccc2c(=O)n1CC(=O)Nc1ccc(Br)cc1Br. The van der Waals surface area contributed by atoms with Gasteiger partial charge >= 0.3 is 0 Å². The van der Waals surface area contributed by atoms with Gasteiger partial charge in [0.05, 0.1) is 16.6 Å². The zero-order valence-corrected chi connectivity index (χ0v) is 15.9. The fourth-order valence-corrected chi connectivity index (χ4v) is 3.54. The van der Waals surface area contributed by atoms with Crippen molar-refractivity contribution in [2.75, 3.05) is 5.32 Å². The van der Waals surface area contributed by atoms with E-state index in [0.717, 1.165) is 8.95 Å². The Balaban J connectivity index is 1.89. The minimum Gasteiger partial charge on any atom is -0.324 e. The number of aromatic nitrogens is 2. The van der Waals surface area contributed by atoms with E-state index in [1.54, 1.807) is 31.2 Å². The van der Waals surface area contributed by atoms with Crippen LogP contribution in [0.4, 0.5) is 5.69 Å². The van der Waals surface area contributed by atoms with Crippen LogP contribution in [0.2, 0.25) is 0 Å². The maximum Gasteiger partial charge on any atom is 0.261 e. The highest BCUT2D eigenvalue weighted by Crippen LogP contribution is 2.26. The normalized spacial score (nSPS) is 10.8. The number of anilines is 1. The fourth-order valence-electron chi connectivity index (χ4n) is 2.39. The van der Waals surface area contributed by atoms with E-state index in [4.69, 9.17) is 0 Å². The summed E-state index contributed by atoms with van der Waals surface area (Å²) in [6.07, 6.45) is 0. The molecule has 2 aromatic carbocycles. The number of amides is 1. The summed E-state index contributed by atoms with van der Waals surface area (Å²) < 4.78 is 3.04. The van der Waals surface area contributed by atoms with E-state index in [9.17, 15) is 9.59 Å². The molecule has 0 aliphatic carbocycles. The van der Waals surface area contributed by atoms with E-state index >= 15 is 0 Å².